The van der Waals surface area contributed by atoms with Gasteiger partial charge in [0.2, 0.25) is 0 Å². The normalized spacial score (nSPS) is 15.8. The number of rotatable bonds is 2. The minimum Gasteiger partial charge on any atom is -0.379 e. The third-order valence-corrected chi connectivity index (χ3v) is 9.61. The molecule has 4 aliphatic rings. The molecule has 2 nitrogen and oxygen atoms in total. The molecule has 6 aromatic rings. The van der Waals surface area contributed by atoms with Gasteiger partial charge in [-0.05, 0) is 57.9 Å². The van der Waals surface area contributed by atoms with E-state index >= 15 is 0 Å². The van der Waals surface area contributed by atoms with E-state index in [2.05, 4.69) is 194 Å². The van der Waals surface area contributed by atoms with Gasteiger partial charge < -0.3 is 9.80 Å². The van der Waals surface area contributed by atoms with Gasteiger partial charge >= 0.3 is 26.2 Å². The molecule has 10 rings (SSSR count). The number of halogens is 2. The van der Waals surface area contributed by atoms with Crippen molar-refractivity contribution in [1.29, 1.82) is 0 Å². The number of hydrogen-bond donors (Lipinski definition) is 0. The molecule has 0 bridgehead atoms. The molecule has 0 fully saturated rings. The molecule has 0 N–H and O–H groups in total. The van der Waals surface area contributed by atoms with Crippen molar-refractivity contribution in [2.45, 2.75) is 39.0 Å². The van der Waals surface area contributed by atoms with Crippen molar-refractivity contribution in [2.75, 3.05) is 9.80 Å². The summed E-state index contributed by atoms with van der Waals surface area (Å²) in [6.45, 7) is 8.53. The van der Waals surface area contributed by atoms with E-state index in [1.165, 1.54) is 78.4 Å². The molecule has 2 radical (unpaired) electrons. The third kappa shape index (κ3) is 6.95. The van der Waals surface area contributed by atoms with Crippen LogP contribution in [0.5, 0.6) is 0 Å². The van der Waals surface area contributed by atoms with Crippen LogP contribution < -0.4 is 9.80 Å². The van der Waals surface area contributed by atoms with E-state index in [1.807, 2.05) is 0 Å². The molecule has 2 aliphatic heterocycles. The van der Waals surface area contributed by atoms with E-state index in [9.17, 15) is 0 Å². The molecular weight excluding hydrogens is 771 g/mol. The Kier molecular flexibility index (Phi) is 12.7. The van der Waals surface area contributed by atoms with Gasteiger partial charge in [-0.15, -0.1) is 83.5 Å². The molecule has 6 aromatic carbocycles. The van der Waals surface area contributed by atoms with E-state index in [0.717, 1.165) is 9.52 Å². The second kappa shape index (κ2) is 16.8. The zero-order chi connectivity index (χ0) is 33.5. The Hall–Kier alpha value is -3.92. The second-order valence-corrected chi connectivity index (χ2v) is 14.0. The SMILES string of the molecule is C[Si]C.Cc1[c-]c2c(cc1)N(c1ccccc1)C1C2=Cc2ccccc21.Cc1[c-]c2c(cc1)N(c1ccccc1)C1C2=Cc2ccccc21.Cl.Cl.[Zr+2]. The number of hydrogen-bond acceptors (Lipinski definition) is 2. The van der Waals surface area contributed by atoms with Gasteiger partial charge in [-0.3, -0.25) is 0 Å². The first-order valence-corrected chi connectivity index (χ1v) is 19.0. The number of anilines is 4. The van der Waals surface area contributed by atoms with Crippen LogP contribution >= 0.6 is 24.8 Å². The van der Waals surface area contributed by atoms with E-state index < -0.39 is 0 Å². The number of benzene rings is 6. The van der Waals surface area contributed by atoms with Crippen LogP contribution in [-0.2, 0) is 26.2 Å². The van der Waals surface area contributed by atoms with Gasteiger partial charge in [-0.2, -0.15) is 0 Å². The largest absolute Gasteiger partial charge is 2.00 e. The quantitative estimate of drug-likeness (QED) is 0.127. The first-order valence-electron chi connectivity index (χ1n) is 17.0. The minimum atomic E-state index is 0. The molecular formula is C46H40Cl2N2SiZr. The molecule has 0 spiro atoms. The summed E-state index contributed by atoms with van der Waals surface area (Å²) in [5, 5.41) is 0. The summed E-state index contributed by atoms with van der Waals surface area (Å²) in [7, 11) is 1.08. The van der Waals surface area contributed by atoms with E-state index in [-0.39, 0.29) is 63.1 Å². The number of para-hydroxylation sites is 2. The fourth-order valence-electron chi connectivity index (χ4n) is 7.64. The fourth-order valence-corrected chi connectivity index (χ4v) is 7.64. The summed E-state index contributed by atoms with van der Waals surface area (Å²) in [5.74, 6) is 0. The molecule has 2 aliphatic carbocycles. The summed E-state index contributed by atoms with van der Waals surface area (Å²) in [5.41, 5.74) is 18.0. The van der Waals surface area contributed by atoms with Gasteiger partial charge in [0.15, 0.2) is 0 Å². The Labute approximate surface area is 343 Å². The molecule has 2 atom stereocenters. The summed E-state index contributed by atoms with van der Waals surface area (Å²) in [4.78, 5) is 4.89. The van der Waals surface area contributed by atoms with Crippen LogP contribution in [0.15, 0.2) is 133 Å². The molecule has 0 aromatic heterocycles. The summed E-state index contributed by atoms with van der Waals surface area (Å²) in [6.07, 6.45) is 4.66. The number of nitrogens with zero attached hydrogens (tertiary/aromatic N) is 2. The van der Waals surface area contributed by atoms with E-state index in [0.29, 0.717) is 0 Å². The van der Waals surface area contributed by atoms with Crippen molar-refractivity contribution in [2.24, 2.45) is 0 Å². The van der Waals surface area contributed by atoms with Crippen LogP contribution in [-0.4, -0.2) is 9.52 Å². The molecule has 2 heterocycles. The van der Waals surface area contributed by atoms with Crippen LogP contribution in [0.1, 0.15) is 56.6 Å². The summed E-state index contributed by atoms with van der Waals surface area (Å²) >= 11 is 0. The second-order valence-electron chi connectivity index (χ2n) is 13.0. The maximum absolute atomic E-state index is 3.58. The van der Waals surface area contributed by atoms with Crippen LogP contribution in [0, 0.1) is 26.0 Å². The zero-order valence-electron chi connectivity index (χ0n) is 29.7. The fraction of sp³-hybridized carbons (Fsp3) is 0.130. The Morgan fingerprint density at radius 2 is 0.827 bits per heavy atom. The molecule has 0 amide bonds. The minimum absolute atomic E-state index is 0. The monoisotopic (exact) mass is 808 g/mol. The Balaban J connectivity index is 0.000000178. The first kappa shape index (κ1) is 39.3. The van der Waals surface area contributed by atoms with Crippen molar-refractivity contribution in [3.63, 3.8) is 0 Å². The zero-order valence-corrected chi connectivity index (χ0v) is 34.8. The van der Waals surface area contributed by atoms with Gasteiger partial charge in [-0.1, -0.05) is 135 Å². The molecule has 256 valence electrons. The van der Waals surface area contributed by atoms with Gasteiger partial charge in [0.25, 0.3) is 0 Å². The summed E-state index contributed by atoms with van der Waals surface area (Å²) < 4.78 is 0. The molecule has 0 saturated carbocycles. The van der Waals surface area contributed by atoms with Crippen molar-refractivity contribution in [3.8, 4) is 0 Å². The van der Waals surface area contributed by atoms with Crippen LogP contribution in [0.4, 0.5) is 22.7 Å². The van der Waals surface area contributed by atoms with Gasteiger partial charge in [0.1, 0.15) is 0 Å². The summed E-state index contributed by atoms with van der Waals surface area (Å²) in [6, 6.07) is 55.2. The molecule has 6 heteroatoms. The maximum atomic E-state index is 3.58. The van der Waals surface area contributed by atoms with Crippen LogP contribution in [0.25, 0.3) is 23.3 Å². The van der Waals surface area contributed by atoms with Crippen LogP contribution in [0.3, 0.4) is 0 Å². The topological polar surface area (TPSA) is 6.48 Å². The van der Waals surface area contributed by atoms with Crippen molar-refractivity contribution in [1.82, 2.24) is 0 Å². The van der Waals surface area contributed by atoms with Crippen molar-refractivity contribution >= 4 is 80.4 Å². The van der Waals surface area contributed by atoms with Crippen molar-refractivity contribution in [3.05, 3.63) is 190 Å². The number of aryl methyl sites for hydroxylation is 2. The van der Waals surface area contributed by atoms with Crippen molar-refractivity contribution < 1.29 is 26.2 Å². The third-order valence-electron chi connectivity index (χ3n) is 9.61. The average Bonchev–Trinajstić information content (AvgIpc) is 3.86. The van der Waals surface area contributed by atoms with Gasteiger partial charge in [0, 0.05) is 33.0 Å². The first-order chi connectivity index (χ1) is 24.1. The van der Waals surface area contributed by atoms with Crippen LogP contribution in [0.2, 0.25) is 13.1 Å². The Morgan fingerprint density at radius 3 is 1.21 bits per heavy atom. The number of fused-ring (bicyclic) bond motifs is 10. The predicted molar refractivity (Wildman–Crippen MR) is 223 cm³/mol. The predicted octanol–water partition coefficient (Wildman–Crippen LogP) is 12.7. The van der Waals surface area contributed by atoms with E-state index in [1.54, 1.807) is 0 Å². The smallest absolute Gasteiger partial charge is 0.379 e. The van der Waals surface area contributed by atoms with E-state index in [4.69, 9.17) is 0 Å². The van der Waals surface area contributed by atoms with Gasteiger partial charge in [-0.25, -0.2) is 0 Å². The Morgan fingerprint density at radius 1 is 0.481 bits per heavy atom. The molecule has 52 heavy (non-hydrogen) atoms. The average molecular weight is 811 g/mol. The Bertz CT molecular complexity index is 2080. The molecule has 2 unspecified atom stereocenters. The van der Waals surface area contributed by atoms with Gasteiger partial charge in [0.05, 0.1) is 0 Å². The molecule has 0 saturated heterocycles. The standard InChI is InChI=1S/2C22H16N.C2H6Si.2ClH.Zr/c2*1-15-11-12-21-19(13-15)20-14-16-7-5-6-10-18(16)22(20)23(21)17-8-3-2-4-9-17;1-3-2;;;/h2*2-12,14,22H,1H3;1-2H3;2*1H;/q2*-1;;;;+2. The maximum Gasteiger partial charge on any atom is 2.00 e.